The van der Waals surface area contributed by atoms with E-state index in [2.05, 4.69) is 13.8 Å². The molecule has 0 amide bonds. The molecular weight excluding hydrogens is 219 g/mol. The highest BCUT2D eigenvalue weighted by molar-refractivity contribution is 7.57. The number of carbonyl (C=O) groups is 1. The van der Waals surface area contributed by atoms with Gasteiger partial charge in [0.2, 0.25) is 5.78 Å². The Bertz CT molecular complexity index is 326. The monoisotopic (exact) mass is 232 g/mol. The molecule has 0 atom stereocenters. The maximum atomic E-state index is 11.4. The fraction of sp³-hybridized carbons (Fsp3) is 0.500. The van der Waals surface area contributed by atoms with E-state index in [4.69, 9.17) is 5.53 Å². The molecule has 0 radical (unpaired) electrons. The Morgan fingerprint density at radius 2 is 2.07 bits per heavy atom. The van der Waals surface area contributed by atoms with Crippen molar-refractivity contribution >= 4 is 19.6 Å². The summed E-state index contributed by atoms with van der Waals surface area (Å²) in [6.07, 6.45) is 2.90. The summed E-state index contributed by atoms with van der Waals surface area (Å²) >= 11 is 0. The molecule has 0 aromatic heterocycles. The number of nitrogens with zero attached hydrogens (tertiary/aromatic N) is 2. The third-order valence-electron chi connectivity index (χ3n) is 1.56. The molecule has 0 unspecified atom stereocenters. The summed E-state index contributed by atoms with van der Waals surface area (Å²) in [5.41, 5.74) is 8.04. The van der Waals surface area contributed by atoms with Crippen molar-refractivity contribution < 1.29 is 23.2 Å². The first kappa shape index (κ1) is 13.9. The van der Waals surface area contributed by atoms with Gasteiger partial charge in [-0.2, -0.15) is 4.79 Å². The largest absolute Gasteiger partial charge is 0.361 e. The average Bonchev–Trinajstić information content (AvgIpc) is 2.24. The molecule has 0 bridgehead atoms. The number of hydrogen-bond acceptors (Lipinski definition) is 4. The molecule has 0 aromatic rings. The van der Waals surface area contributed by atoms with Gasteiger partial charge in [0.1, 0.15) is 0 Å². The van der Waals surface area contributed by atoms with Gasteiger partial charge in [0.15, 0.2) is 0 Å². The first-order valence-electron chi connectivity index (χ1n) is 4.17. The Kier molecular flexibility index (Phi) is 6.75. The van der Waals surface area contributed by atoms with Crippen LogP contribution >= 0.6 is 7.60 Å². The second-order valence-corrected chi connectivity index (χ2v) is 4.65. The van der Waals surface area contributed by atoms with Crippen LogP contribution in [0.3, 0.4) is 0 Å². The Hall–Kier alpha value is -1.06. The van der Waals surface area contributed by atoms with E-state index in [9.17, 15) is 9.36 Å². The molecule has 0 saturated carbocycles. The van der Waals surface area contributed by atoms with Crippen molar-refractivity contribution in [1.29, 1.82) is 0 Å². The lowest BCUT2D eigenvalue weighted by Gasteiger charge is -2.07. The van der Waals surface area contributed by atoms with Gasteiger partial charge in [-0.3, -0.25) is 9.36 Å². The second-order valence-electron chi connectivity index (χ2n) is 2.54. The lowest BCUT2D eigenvalue weighted by molar-refractivity contribution is -0.116. The first-order valence-corrected chi connectivity index (χ1v) is 5.78. The van der Waals surface area contributed by atoms with Gasteiger partial charge in [-0.05, 0) is 6.42 Å². The quantitative estimate of drug-likeness (QED) is 0.289. The number of ketones is 1. The maximum Gasteiger partial charge on any atom is 0.353 e. The molecular formula is C8H13N2O4P. The number of carbonyl (C=O) groups excluding carboxylic acids is 1. The van der Waals surface area contributed by atoms with E-state index in [1.54, 1.807) is 0 Å². The first-order chi connectivity index (χ1) is 7.08. The molecule has 0 aliphatic rings. The van der Waals surface area contributed by atoms with Crippen LogP contribution in [0.5, 0.6) is 0 Å². The molecule has 84 valence electrons. The van der Waals surface area contributed by atoms with Gasteiger partial charge in [-0.1, -0.05) is 6.08 Å². The molecule has 0 spiro atoms. The molecule has 15 heavy (non-hydrogen) atoms. The summed E-state index contributed by atoms with van der Waals surface area (Å²) in [5, 5.41) is 0. The van der Waals surface area contributed by atoms with Gasteiger partial charge < -0.3 is 14.6 Å². The summed E-state index contributed by atoms with van der Waals surface area (Å²) in [4.78, 5) is 13.4. The summed E-state index contributed by atoms with van der Waals surface area (Å²) in [6, 6.07) is 0. The van der Waals surface area contributed by atoms with E-state index in [1.807, 2.05) is 0 Å². The smallest absolute Gasteiger partial charge is 0.353 e. The standard InChI is InChI=1S/C8H13N2O4P/c1-13-15(12,14-2)6-4-3-5-8(11)7-10-9/h4,6-7H,3,5H2,1-2H3/b6-4+. The van der Waals surface area contributed by atoms with E-state index in [0.717, 1.165) is 6.21 Å². The van der Waals surface area contributed by atoms with Crippen molar-refractivity contribution in [3.63, 3.8) is 0 Å². The molecule has 7 heteroatoms. The number of rotatable bonds is 7. The highest BCUT2D eigenvalue weighted by atomic mass is 31.2. The van der Waals surface area contributed by atoms with Crippen LogP contribution in [-0.2, 0) is 18.4 Å². The van der Waals surface area contributed by atoms with Crippen molar-refractivity contribution in [1.82, 2.24) is 0 Å². The lowest BCUT2D eigenvalue weighted by atomic mass is 10.2. The fourth-order valence-corrected chi connectivity index (χ4v) is 1.55. The molecule has 0 rings (SSSR count). The van der Waals surface area contributed by atoms with Crippen molar-refractivity contribution in [2.45, 2.75) is 12.8 Å². The van der Waals surface area contributed by atoms with Crippen LogP contribution in [-0.4, -0.2) is 31.0 Å². The minimum atomic E-state index is -3.13. The van der Waals surface area contributed by atoms with Crippen molar-refractivity contribution in [2.75, 3.05) is 14.2 Å². The van der Waals surface area contributed by atoms with Gasteiger partial charge >= 0.3 is 13.8 Å². The zero-order chi connectivity index (χ0) is 11.7. The van der Waals surface area contributed by atoms with E-state index in [1.165, 1.54) is 26.1 Å². The maximum absolute atomic E-state index is 11.4. The van der Waals surface area contributed by atoms with Crippen LogP contribution in [0.15, 0.2) is 11.9 Å². The Balaban J connectivity index is 4.05. The van der Waals surface area contributed by atoms with E-state index in [-0.39, 0.29) is 12.2 Å². The van der Waals surface area contributed by atoms with Gasteiger partial charge in [0.25, 0.3) is 0 Å². The minimum Gasteiger partial charge on any atom is -0.361 e. The molecule has 0 heterocycles. The van der Waals surface area contributed by atoms with Gasteiger partial charge in [-0.15, -0.1) is 0 Å². The van der Waals surface area contributed by atoms with Crippen LogP contribution in [0, 0.1) is 0 Å². The van der Waals surface area contributed by atoms with Crippen LogP contribution in [0.1, 0.15) is 12.8 Å². The third kappa shape index (κ3) is 6.10. The summed E-state index contributed by atoms with van der Waals surface area (Å²) in [5.74, 6) is 0.975. The topological polar surface area (TPSA) is 89.0 Å². The average molecular weight is 232 g/mol. The Morgan fingerprint density at radius 1 is 1.47 bits per heavy atom. The third-order valence-corrected chi connectivity index (χ3v) is 3.15. The number of hydrogen-bond donors (Lipinski definition) is 0. The molecule has 0 aliphatic carbocycles. The van der Waals surface area contributed by atoms with Gasteiger partial charge in [0.05, 0.1) is 0 Å². The van der Waals surface area contributed by atoms with Crippen molar-refractivity contribution in [2.24, 2.45) is 0 Å². The normalized spacial score (nSPS) is 11.3. The van der Waals surface area contributed by atoms with E-state index in [0.29, 0.717) is 6.42 Å². The molecule has 0 saturated heterocycles. The number of Topliss-reactive ketones (excluding diaryl/α,β-unsaturated/α-hetero) is 1. The Labute approximate surface area is 88.0 Å². The Morgan fingerprint density at radius 3 is 2.53 bits per heavy atom. The van der Waals surface area contributed by atoms with Crippen molar-refractivity contribution in [3.05, 3.63) is 17.4 Å². The minimum absolute atomic E-state index is 0.175. The predicted molar refractivity (Wildman–Crippen MR) is 54.7 cm³/mol. The summed E-state index contributed by atoms with van der Waals surface area (Å²) < 4.78 is 20.7. The second kappa shape index (κ2) is 7.26. The zero-order valence-electron chi connectivity index (χ0n) is 8.62. The molecule has 0 aromatic carbocycles. The highest BCUT2D eigenvalue weighted by Crippen LogP contribution is 2.47. The van der Waals surface area contributed by atoms with Crippen LogP contribution in [0.2, 0.25) is 0 Å². The number of allylic oxidation sites excluding steroid dienone is 1. The molecule has 0 N–H and O–H groups in total. The van der Waals surface area contributed by atoms with Gasteiger partial charge in [-0.25, -0.2) is 0 Å². The predicted octanol–water partition coefficient (Wildman–Crippen LogP) is 1.64. The van der Waals surface area contributed by atoms with E-state index >= 15 is 0 Å². The molecule has 0 aliphatic heterocycles. The van der Waals surface area contributed by atoms with Crippen molar-refractivity contribution in [3.8, 4) is 0 Å². The zero-order valence-corrected chi connectivity index (χ0v) is 9.52. The van der Waals surface area contributed by atoms with Crippen LogP contribution in [0.4, 0.5) is 0 Å². The fourth-order valence-electron chi connectivity index (χ4n) is 0.754. The lowest BCUT2D eigenvalue weighted by Crippen LogP contribution is -1.98. The highest BCUT2D eigenvalue weighted by Gasteiger charge is 2.15. The SMILES string of the molecule is COP(=O)(/C=C/CCC(=O)C=[N+]=[N-])OC. The molecule has 6 nitrogen and oxygen atoms in total. The van der Waals surface area contributed by atoms with Crippen LogP contribution < -0.4 is 0 Å². The summed E-state index contributed by atoms with van der Waals surface area (Å²) in [6.45, 7) is 0. The van der Waals surface area contributed by atoms with Crippen LogP contribution in [0.25, 0.3) is 5.53 Å². The summed E-state index contributed by atoms with van der Waals surface area (Å²) in [7, 11) is -0.579. The molecule has 0 fully saturated rings. The van der Waals surface area contributed by atoms with Gasteiger partial charge in [0, 0.05) is 26.5 Å². The van der Waals surface area contributed by atoms with E-state index < -0.39 is 7.60 Å².